The minimum atomic E-state index is -3.07. The fourth-order valence-electron chi connectivity index (χ4n) is 2.60. The molecule has 17 heavy (non-hydrogen) atoms. The highest BCUT2D eigenvalue weighted by atomic mass is 32.2. The molecule has 0 atom stereocenters. The molecular formula is C12H26N2O2S. The maximum absolute atomic E-state index is 12.2. The summed E-state index contributed by atoms with van der Waals surface area (Å²) in [6.45, 7) is 3.12. The molecule has 0 aromatic carbocycles. The van der Waals surface area contributed by atoms with Crippen molar-refractivity contribution >= 4 is 10.0 Å². The van der Waals surface area contributed by atoms with Gasteiger partial charge in [0.1, 0.15) is 0 Å². The summed E-state index contributed by atoms with van der Waals surface area (Å²) < 4.78 is 26.2. The molecule has 0 saturated heterocycles. The molecule has 0 aromatic heterocycles. The Morgan fingerprint density at radius 3 is 2.35 bits per heavy atom. The fourth-order valence-corrected chi connectivity index (χ4v) is 4.46. The molecule has 0 spiro atoms. The van der Waals surface area contributed by atoms with Crippen molar-refractivity contribution in [3.05, 3.63) is 0 Å². The van der Waals surface area contributed by atoms with Gasteiger partial charge in [-0.25, -0.2) is 8.42 Å². The molecule has 1 fully saturated rings. The van der Waals surface area contributed by atoms with Crippen LogP contribution in [-0.2, 0) is 10.0 Å². The van der Waals surface area contributed by atoms with Crippen LogP contribution < -0.4 is 5.73 Å². The predicted molar refractivity (Wildman–Crippen MR) is 71.3 cm³/mol. The quantitative estimate of drug-likeness (QED) is 0.710. The van der Waals surface area contributed by atoms with Gasteiger partial charge in [-0.2, -0.15) is 4.31 Å². The molecule has 1 rings (SSSR count). The molecule has 1 aliphatic carbocycles. The largest absolute Gasteiger partial charge is 0.330 e. The molecule has 0 radical (unpaired) electrons. The van der Waals surface area contributed by atoms with Gasteiger partial charge in [0, 0.05) is 12.6 Å². The Morgan fingerprint density at radius 2 is 1.82 bits per heavy atom. The summed E-state index contributed by atoms with van der Waals surface area (Å²) >= 11 is 0. The first-order valence-electron chi connectivity index (χ1n) is 6.81. The molecule has 4 nitrogen and oxygen atoms in total. The Morgan fingerprint density at radius 1 is 1.18 bits per heavy atom. The minimum Gasteiger partial charge on any atom is -0.330 e. The van der Waals surface area contributed by atoms with Gasteiger partial charge in [0.15, 0.2) is 0 Å². The minimum absolute atomic E-state index is 0.247. The molecule has 0 aromatic rings. The number of rotatable bonds is 7. The van der Waals surface area contributed by atoms with E-state index in [9.17, 15) is 8.42 Å². The highest BCUT2D eigenvalue weighted by Gasteiger charge is 2.28. The van der Waals surface area contributed by atoms with Crippen LogP contribution >= 0.6 is 0 Å². The monoisotopic (exact) mass is 262 g/mol. The average molecular weight is 262 g/mol. The predicted octanol–water partition coefficient (Wildman–Crippen LogP) is 1.71. The van der Waals surface area contributed by atoms with Gasteiger partial charge in [-0.1, -0.05) is 26.2 Å². The lowest BCUT2D eigenvalue weighted by atomic mass is 9.95. The SMILES string of the molecule is CCN(C1CCCCC1)S(=O)(=O)CCCCN. The standard InChI is InChI=1S/C12H26N2O2S/c1-2-14(12-8-4-3-5-9-12)17(15,16)11-7-6-10-13/h12H,2-11,13H2,1H3. The van der Waals surface area contributed by atoms with E-state index in [1.54, 1.807) is 4.31 Å². The molecule has 102 valence electrons. The number of nitrogens with zero attached hydrogens (tertiary/aromatic N) is 1. The van der Waals surface area contributed by atoms with Gasteiger partial charge in [0.25, 0.3) is 0 Å². The van der Waals surface area contributed by atoms with Crippen LogP contribution in [-0.4, -0.2) is 37.6 Å². The van der Waals surface area contributed by atoms with Crippen LogP contribution in [0.1, 0.15) is 51.9 Å². The van der Waals surface area contributed by atoms with Gasteiger partial charge >= 0.3 is 0 Å². The maximum Gasteiger partial charge on any atom is 0.214 e. The fraction of sp³-hybridized carbons (Fsp3) is 1.00. The van der Waals surface area contributed by atoms with Crippen LogP contribution in [0.4, 0.5) is 0 Å². The number of hydrogen-bond acceptors (Lipinski definition) is 3. The zero-order valence-electron chi connectivity index (χ0n) is 10.9. The van der Waals surface area contributed by atoms with Crippen molar-refractivity contribution < 1.29 is 8.42 Å². The topological polar surface area (TPSA) is 63.4 Å². The molecule has 0 amide bonds. The highest BCUT2D eigenvalue weighted by Crippen LogP contribution is 2.24. The van der Waals surface area contributed by atoms with Crippen LogP contribution in [0.5, 0.6) is 0 Å². The van der Waals surface area contributed by atoms with Gasteiger partial charge in [-0.3, -0.25) is 0 Å². The molecular weight excluding hydrogens is 236 g/mol. The Bertz CT molecular complexity index is 298. The van der Waals surface area contributed by atoms with E-state index in [0.29, 0.717) is 19.5 Å². The first-order chi connectivity index (χ1) is 8.11. The van der Waals surface area contributed by atoms with E-state index >= 15 is 0 Å². The Kier molecular flexibility index (Phi) is 6.44. The molecule has 5 heteroatoms. The van der Waals surface area contributed by atoms with Gasteiger partial charge in [-0.15, -0.1) is 0 Å². The van der Waals surface area contributed by atoms with Crippen LogP contribution in [0.25, 0.3) is 0 Å². The summed E-state index contributed by atoms with van der Waals surface area (Å²) in [6, 6.07) is 0.247. The molecule has 0 aliphatic heterocycles. The lowest BCUT2D eigenvalue weighted by Gasteiger charge is -2.32. The van der Waals surface area contributed by atoms with Crippen molar-refractivity contribution in [3.8, 4) is 0 Å². The van der Waals surface area contributed by atoms with E-state index in [1.807, 2.05) is 6.92 Å². The average Bonchev–Trinajstić information content (AvgIpc) is 2.31. The van der Waals surface area contributed by atoms with Gasteiger partial charge < -0.3 is 5.73 Å². The van der Waals surface area contributed by atoms with E-state index in [0.717, 1.165) is 19.3 Å². The first kappa shape index (κ1) is 14.9. The number of nitrogens with two attached hydrogens (primary N) is 1. The molecule has 0 heterocycles. The first-order valence-corrected chi connectivity index (χ1v) is 8.42. The van der Waals surface area contributed by atoms with Gasteiger partial charge in [0.05, 0.1) is 5.75 Å². The van der Waals surface area contributed by atoms with Crippen molar-refractivity contribution in [2.24, 2.45) is 5.73 Å². The summed E-state index contributed by atoms with van der Waals surface area (Å²) in [5, 5.41) is 0. The second kappa shape index (κ2) is 7.34. The summed E-state index contributed by atoms with van der Waals surface area (Å²) in [5.74, 6) is 0.258. The summed E-state index contributed by atoms with van der Waals surface area (Å²) in [4.78, 5) is 0. The molecule has 0 bridgehead atoms. The maximum atomic E-state index is 12.2. The third-order valence-corrected chi connectivity index (χ3v) is 5.58. The smallest absolute Gasteiger partial charge is 0.214 e. The molecule has 0 unspecified atom stereocenters. The zero-order chi connectivity index (χ0) is 12.7. The second-order valence-corrected chi connectivity index (χ2v) is 6.85. The van der Waals surface area contributed by atoms with Crippen molar-refractivity contribution in [1.29, 1.82) is 0 Å². The molecule has 2 N–H and O–H groups in total. The van der Waals surface area contributed by atoms with E-state index in [2.05, 4.69) is 0 Å². The van der Waals surface area contributed by atoms with E-state index in [1.165, 1.54) is 19.3 Å². The van der Waals surface area contributed by atoms with Gasteiger partial charge in [0.2, 0.25) is 10.0 Å². The second-order valence-electron chi connectivity index (χ2n) is 4.81. The van der Waals surface area contributed by atoms with Crippen LogP contribution in [0.15, 0.2) is 0 Å². The summed E-state index contributed by atoms with van der Waals surface area (Å²) in [7, 11) is -3.07. The Labute approximate surface area is 106 Å². The van der Waals surface area contributed by atoms with Crippen molar-refractivity contribution in [2.45, 2.75) is 57.9 Å². The van der Waals surface area contributed by atoms with Crippen LogP contribution in [0.3, 0.4) is 0 Å². The van der Waals surface area contributed by atoms with E-state index in [-0.39, 0.29) is 11.8 Å². The Balaban J connectivity index is 2.57. The van der Waals surface area contributed by atoms with E-state index in [4.69, 9.17) is 5.73 Å². The number of hydrogen-bond donors (Lipinski definition) is 1. The number of sulfonamides is 1. The van der Waals surface area contributed by atoms with Gasteiger partial charge in [-0.05, 0) is 32.2 Å². The van der Waals surface area contributed by atoms with Crippen molar-refractivity contribution in [2.75, 3.05) is 18.8 Å². The van der Waals surface area contributed by atoms with Crippen LogP contribution in [0, 0.1) is 0 Å². The Hall–Kier alpha value is -0.130. The molecule has 1 aliphatic rings. The number of unbranched alkanes of at least 4 members (excludes halogenated alkanes) is 1. The van der Waals surface area contributed by atoms with Crippen LogP contribution in [0.2, 0.25) is 0 Å². The third kappa shape index (κ3) is 4.56. The molecule has 1 saturated carbocycles. The normalized spacial score (nSPS) is 18.8. The lowest BCUT2D eigenvalue weighted by Crippen LogP contribution is -2.42. The van der Waals surface area contributed by atoms with E-state index < -0.39 is 10.0 Å². The summed E-state index contributed by atoms with van der Waals surface area (Å²) in [6.07, 6.45) is 7.12. The zero-order valence-corrected chi connectivity index (χ0v) is 11.7. The lowest BCUT2D eigenvalue weighted by molar-refractivity contribution is 0.261. The van der Waals surface area contributed by atoms with Crippen molar-refractivity contribution in [3.63, 3.8) is 0 Å². The van der Waals surface area contributed by atoms with Crippen molar-refractivity contribution in [1.82, 2.24) is 4.31 Å². The third-order valence-electron chi connectivity index (χ3n) is 3.51. The highest BCUT2D eigenvalue weighted by molar-refractivity contribution is 7.89. The summed E-state index contributed by atoms with van der Waals surface area (Å²) in [5.41, 5.74) is 5.40.